The standard InChI is InChI=1S/C16H21NO/c1-13(2)12-17(15-9-10-15)16(18)11-8-14-6-4-3-5-7-14/h3-8,11,13,15H,9-10,12H2,1-2H3/b11-8+. The first-order valence-corrected chi connectivity index (χ1v) is 6.70. The number of carbonyl (C=O) groups is 1. The number of benzene rings is 1. The molecular formula is C16H21NO. The highest BCUT2D eigenvalue weighted by molar-refractivity contribution is 5.92. The van der Waals surface area contributed by atoms with Crippen LogP contribution in [0.25, 0.3) is 6.08 Å². The molecule has 0 aromatic heterocycles. The fraction of sp³-hybridized carbons (Fsp3) is 0.438. The Labute approximate surface area is 109 Å². The second-order valence-electron chi connectivity index (χ2n) is 5.36. The maximum atomic E-state index is 12.2. The highest BCUT2D eigenvalue weighted by atomic mass is 16.2. The number of hydrogen-bond donors (Lipinski definition) is 0. The van der Waals surface area contributed by atoms with E-state index in [4.69, 9.17) is 0 Å². The maximum Gasteiger partial charge on any atom is 0.246 e. The fourth-order valence-electron chi connectivity index (χ4n) is 2.03. The van der Waals surface area contributed by atoms with Crippen LogP contribution in [0.1, 0.15) is 32.3 Å². The minimum absolute atomic E-state index is 0.148. The molecule has 2 heteroatoms. The predicted octanol–water partition coefficient (Wildman–Crippen LogP) is 3.35. The molecule has 1 aromatic carbocycles. The molecule has 96 valence electrons. The average molecular weight is 243 g/mol. The highest BCUT2D eigenvalue weighted by Gasteiger charge is 2.31. The first-order chi connectivity index (χ1) is 8.66. The van der Waals surface area contributed by atoms with Gasteiger partial charge in [0.1, 0.15) is 0 Å². The zero-order valence-electron chi connectivity index (χ0n) is 11.2. The van der Waals surface area contributed by atoms with Crippen molar-refractivity contribution in [2.45, 2.75) is 32.7 Å². The Hall–Kier alpha value is -1.57. The van der Waals surface area contributed by atoms with Gasteiger partial charge in [-0.15, -0.1) is 0 Å². The molecule has 1 amide bonds. The van der Waals surface area contributed by atoms with Gasteiger partial charge in [-0.3, -0.25) is 4.79 Å². The lowest BCUT2D eigenvalue weighted by molar-refractivity contribution is -0.127. The lowest BCUT2D eigenvalue weighted by Gasteiger charge is -2.22. The van der Waals surface area contributed by atoms with Crippen LogP contribution in [0.15, 0.2) is 36.4 Å². The Morgan fingerprint density at radius 1 is 1.33 bits per heavy atom. The third-order valence-corrected chi connectivity index (χ3v) is 3.05. The summed E-state index contributed by atoms with van der Waals surface area (Å²) in [5.41, 5.74) is 1.08. The summed E-state index contributed by atoms with van der Waals surface area (Å²) in [5, 5.41) is 0. The van der Waals surface area contributed by atoms with Crippen LogP contribution in [0, 0.1) is 5.92 Å². The summed E-state index contributed by atoms with van der Waals surface area (Å²) >= 11 is 0. The number of hydrogen-bond acceptors (Lipinski definition) is 1. The van der Waals surface area contributed by atoms with Crippen molar-refractivity contribution in [3.8, 4) is 0 Å². The van der Waals surface area contributed by atoms with E-state index in [-0.39, 0.29) is 5.91 Å². The third-order valence-electron chi connectivity index (χ3n) is 3.05. The summed E-state index contributed by atoms with van der Waals surface area (Å²) in [6, 6.07) is 10.4. The minimum atomic E-state index is 0.148. The van der Waals surface area contributed by atoms with Gasteiger partial charge in [0.2, 0.25) is 5.91 Å². The van der Waals surface area contributed by atoms with E-state index in [1.54, 1.807) is 6.08 Å². The van der Waals surface area contributed by atoms with E-state index in [0.717, 1.165) is 24.9 Å². The molecular weight excluding hydrogens is 222 g/mol. The molecule has 1 aliphatic carbocycles. The average Bonchev–Trinajstić information content (AvgIpc) is 3.18. The SMILES string of the molecule is CC(C)CN(C(=O)/C=C/c1ccccc1)C1CC1. The molecule has 2 nitrogen and oxygen atoms in total. The van der Waals surface area contributed by atoms with Gasteiger partial charge < -0.3 is 4.90 Å². The molecule has 0 aliphatic heterocycles. The molecule has 18 heavy (non-hydrogen) atoms. The Morgan fingerprint density at radius 3 is 2.56 bits per heavy atom. The van der Waals surface area contributed by atoms with Gasteiger partial charge in [-0.1, -0.05) is 44.2 Å². The summed E-state index contributed by atoms with van der Waals surface area (Å²) in [4.78, 5) is 14.2. The van der Waals surface area contributed by atoms with Crippen LogP contribution < -0.4 is 0 Å². The van der Waals surface area contributed by atoms with Gasteiger partial charge in [-0.2, -0.15) is 0 Å². The monoisotopic (exact) mass is 243 g/mol. The number of amides is 1. The lowest BCUT2D eigenvalue weighted by Crippen LogP contribution is -2.34. The number of carbonyl (C=O) groups excluding carboxylic acids is 1. The maximum absolute atomic E-state index is 12.2. The molecule has 0 radical (unpaired) electrons. The first-order valence-electron chi connectivity index (χ1n) is 6.70. The highest BCUT2D eigenvalue weighted by Crippen LogP contribution is 2.27. The smallest absolute Gasteiger partial charge is 0.246 e. The van der Waals surface area contributed by atoms with E-state index in [1.807, 2.05) is 41.3 Å². The van der Waals surface area contributed by atoms with E-state index >= 15 is 0 Å². The second-order valence-corrected chi connectivity index (χ2v) is 5.36. The first kappa shape index (κ1) is 12.9. The molecule has 2 rings (SSSR count). The number of rotatable bonds is 5. The molecule has 0 saturated heterocycles. The van der Waals surface area contributed by atoms with Crippen LogP contribution >= 0.6 is 0 Å². The summed E-state index contributed by atoms with van der Waals surface area (Å²) in [7, 11) is 0. The summed E-state index contributed by atoms with van der Waals surface area (Å²) in [6.45, 7) is 5.18. The molecule has 0 bridgehead atoms. The van der Waals surface area contributed by atoms with Crippen molar-refractivity contribution in [1.82, 2.24) is 4.90 Å². The van der Waals surface area contributed by atoms with Crippen LogP contribution in [0.3, 0.4) is 0 Å². The minimum Gasteiger partial charge on any atom is -0.336 e. The zero-order chi connectivity index (χ0) is 13.0. The zero-order valence-corrected chi connectivity index (χ0v) is 11.2. The van der Waals surface area contributed by atoms with E-state index in [1.165, 1.54) is 0 Å². The van der Waals surface area contributed by atoms with Crippen LogP contribution in [-0.2, 0) is 4.79 Å². The Kier molecular flexibility index (Phi) is 4.19. The van der Waals surface area contributed by atoms with E-state index in [9.17, 15) is 4.79 Å². The van der Waals surface area contributed by atoms with Crippen LogP contribution in [0.5, 0.6) is 0 Å². The van der Waals surface area contributed by atoms with Gasteiger partial charge in [0, 0.05) is 18.7 Å². The summed E-state index contributed by atoms with van der Waals surface area (Å²) in [5.74, 6) is 0.676. The summed E-state index contributed by atoms with van der Waals surface area (Å²) < 4.78 is 0. The molecule has 1 aromatic rings. The largest absolute Gasteiger partial charge is 0.336 e. The molecule has 1 saturated carbocycles. The van der Waals surface area contributed by atoms with Gasteiger partial charge in [-0.25, -0.2) is 0 Å². The molecule has 1 aliphatic rings. The van der Waals surface area contributed by atoms with Crippen molar-refractivity contribution < 1.29 is 4.79 Å². The van der Waals surface area contributed by atoms with Crippen molar-refractivity contribution in [2.24, 2.45) is 5.92 Å². The van der Waals surface area contributed by atoms with Crippen molar-refractivity contribution in [3.05, 3.63) is 42.0 Å². The van der Waals surface area contributed by atoms with Gasteiger partial charge >= 0.3 is 0 Å². The molecule has 1 fully saturated rings. The molecule has 0 spiro atoms. The molecule has 0 heterocycles. The van der Waals surface area contributed by atoms with E-state index in [2.05, 4.69) is 13.8 Å². The normalized spacial score (nSPS) is 15.3. The lowest BCUT2D eigenvalue weighted by atomic mass is 10.2. The van der Waals surface area contributed by atoms with Crippen molar-refractivity contribution >= 4 is 12.0 Å². The Balaban J connectivity index is 1.98. The van der Waals surface area contributed by atoms with Crippen molar-refractivity contribution in [3.63, 3.8) is 0 Å². The van der Waals surface area contributed by atoms with Crippen molar-refractivity contribution in [2.75, 3.05) is 6.54 Å². The third kappa shape index (κ3) is 3.73. The Bertz CT molecular complexity index is 418. The van der Waals surface area contributed by atoms with Gasteiger partial charge in [-0.05, 0) is 30.4 Å². The predicted molar refractivity (Wildman–Crippen MR) is 75.0 cm³/mol. The summed E-state index contributed by atoms with van der Waals surface area (Å²) in [6.07, 6.45) is 5.93. The van der Waals surface area contributed by atoms with Crippen LogP contribution in [0.4, 0.5) is 0 Å². The van der Waals surface area contributed by atoms with Gasteiger partial charge in [0.25, 0.3) is 0 Å². The number of nitrogens with zero attached hydrogens (tertiary/aromatic N) is 1. The van der Waals surface area contributed by atoms with Gasteiger partial charge in [0.15, 0.2) is 0 Å². The second kappa shape index (κ2) is 5.85. The molecule has 0 N–H and O–H groups in total. The fourth-order valence-corrected chi connectivity index (χ4v) is 2.03. The van der Waals surface area contributed by atoms with Crippen LogP contribution in [0.2, 0.25) is 0 Å². The Morgan fingerprint density at radius 2 is 2.00 bits per heavy atom. The van der Waals surface area contributed by atoms with Gasteiger partial charge in [0.05, 0.1) is 0 Å². The quantitative estimate of drug-likeness (QED) is 0.726. The topological polar surface area (TPSA) is 20.3 Å². The van der Waals surface area contributed by atoms with Crippen LogP contribution in [-0.4, -0.2) is 23.4 Å². The van der Waals surface area contributed by atoms with Crippen molar-refractivity contribution in [1.29, 1.82) is 0 Å². The molecule has 0 unspecified atom stereocenters. The van der Waals surface area contributed by atoms with E-state index in [0.29, 0.717) is 12.0 Å². The van der Waals surface area contributed by atoms with E-state index < -0.39 is 0 Å². The molecule has 0 atom stereocenters.